The van der Waals surface area contributed by atoms with Gasteiger partial charge in [-0.25, -0.2) is 4.98 Å². The molecule has 4 rings (SSSR count). The number of rotatable bonds is 7. The molecule has 184 valence electrons. The van der Waals surface area contributed by atoms with E-state index in [0.29, 0.717) is 24.3 Å². The molecule has 1 aliphatic rings. The number of amides is 1. The highest BCUT2D eigenvalue weighted by atomic mass is 32.1. The first-order valence-electron chi connectivity index (χ1n) is 11.5. The second kappa shape index (κ2) is 9.80. The van der Waals surface area contributed by atoms with Gasteiger partial charge in [0.15, 0.2) is 5.54 Å². The first-order valence-corrected chi connectivity index (χ1v) is 12.4. The van der Waals surface area contributed by atoms with E-state index in [1.165, 1.54) is 11.3 Å². The number of carbonyl (C=O) groups is 1. The number of likely N-dealkylation sites (tertiary alicyclic amines) is 1. The first kappa shape index (κ1) is 24.9. The summed E-state index contributed by atoms with van der Waals surface area (Å²) in [6.07, 6.45) is 5.66. The van der Waals surface area contributed by atoms with E-state index in [0.717, 1.165) is 10.6 Å². The molecule has 35 heavy (non-hydrogen) atoms. The van der Waals surface area contributed by atoms with Crippen molar-refractivity contribution in [1.29, 1.82) is 5.26 Å². The third kappa shape index (κ3) is 4.68. The zero-order chi connectivity index (χ0) is 25.2. The minimum atomic E-state index is -1.13. The van der Waals surface area contributed by atoms with Crippen molar-refractivity contribution in [2.24, 2.45) is 5.92 Å². The molecule has 0 unspecified atom stereocenters. The van der Waals surface area contributed by atoms with E-state index >= 15 is 0 Å². The smallest absolute Gasteiger partial charge is 0.255 e. The Balaban J connectivity index is 1.85. The fraction of sp³-hybridized carbons (Fsp3) is 0.462. The molecule has 3 aromatic rings. The molecule has 3 atom stereocenters. The summed E-state index contributed by atoms with van der Waals surface area (Å²) in [5, 5.41) is 17.6. The summed E-state index contributed by atoms with van der Waals surface area (Å²) >= 11 is 1.48. The van der Waals surface area contributed by atoms with E-state index in [9.17, 15) is 10.1 Å². The van der Waals surface area contributed by atoms with Crippen LogP contribution in [0.4, 0.5) is 0 Å². The fourth-order valence-electron chi connectivity index (χ4n) is 5.02. The van der Waals surface area contributed by atoms with Gasteiger partial charge in [-0.05, 0) is 35.6 Å². The van der Waals surface area contributed by atoms with Crippen molar-refractivity contribution >= 4 is 17.2 Å². The van der Waals surface area contributed by atoms with Crippen molar-refractivity contribution in [1.82, 2.24) is 19.7 Å². The van der Waals surface area contributed by atoms with Crippen LogP contribution in [0.5, 0.6) is 5.75 Å². The topological polar surface area (TPSA) is 93.3 Å². The highest BCUT2D eigenvalue weighted by Crippen LogP contribution is 2.49. The molecule has 1 fully saturated rings. The van der Waals surface area contributed by atoms with Crippen molar-refractivity contribution in [3.8, 4) is 11.8 Å². The van der Waals surface area contributed by atoms with Gasteiger partial charge >= 0.3 is 0 Å². The monoisotopic (exact) mass is 493 g/mol. The lowest BCUT2D eigenvalue weighted by Gasteiger charge is -2.36. The predicted molar refractivity (Wildman–Crippen MR) is 133 cm³/mol. The number of ether oxygens (including phenoxy) is 2. The summed E-state index contributed by atoms with van der Waals surface area (Å²) in [6, 6.07) is 9.45. The van der Waals surface area contributed by atoms with Crippen LogP contribution in [-0.2, 0) is 16.7 Å². The zero-order valence-corrected chi connectivity index (χ0v) is 21.6. The van der Waals surface area contributed by atoms with E-state index in [1.54, 1.807) is 42.3 Å². The van der Waals surface area contributed by atoms with Gasteiger partial charge in [-0.15, -0.1) is 11.3 Å². The lowest BCUT2D eigenvalue weighted by Crippen LogP contribution is -2.50. The van der Waals surface area contributed by atoms with Crippen LogP contribution < -0.4 is 4.74 Å². The van der Waals surface area contributed by atoms with Gasteiger partial charge in [0.25, 0.3) is 5.91 Å². The molecule has 3 heterocycles. The van der Waals surface area contributed by atoms with Crippen molar-refractivity contribution < 1.29 is 14.3 Å². The number of nitrogens with zero attached hydrogens (tertiary/aromatic N) is 5. The van der Waals surface area contributed by atoms with E-state index in [-0.39, 0.29) is 23.8 Å². The average molecular weight is 494 g/mol. The Bertz CT molecular complexity index is 1200. The van der Waals surface area contributed by atoms with Gasteiger partial charge in [-0.2, -0.15) is 10.4 Å². The number of hydrogen-bond acceptors (Lipinski definition) is 7. The van der Waals surface area contributed by atoms with Crippen LogP contribution in [0, 0.1) is 17.2 Å². The van der Waals surface area contributed by atoms with Crippen molar-refractivity contribution in [3.05, 3.63) is 64.4 Å². The van der Waals surface area contributed by atoms with E-state index in [2.05, 4.69) is 36.9 Å². The number of carbonyl (C=O) groups excluding carboxylic acids is 1. The summed E-state index contributed by atoms with van der Waals surface area (Å²) in [5.74, 6) is 0.314. The molecule has 1 aliphatic heterocycles. The molecule has 1 amide bonds. The number of hydrogen-bond donors (Lipinski definition) is 0. The molecule has 0 spiro atoms. The van der Waals surface area contributed by atoms with E-state index < -0.39 is 11.6 Å². The number of benzene rings is 1. The highest BCUT2D eigenvalue weighted by Gasteiger charge is 2.56. The predicted octanol–water partition coefficient (Wildman–Crippen LogP) is 4.46. The van der Waals surface area contributed by atoms with Gasteiger partial charge in [0.05, 0.1) is 32.4 Å². The van der Waals surface area contributed by atoms with Gasteiger partial charge in [0.2, 0.25) is 0 Å². The highest BCUT2D eigenvalue weighted by molar-refractivity contribution is 7.09. The second-order valence-electron chi connectivity index (χ2n) is 9.92. The van der Waals surface area contributed by atoms with Gasteiger partial charge in [0, 0.05) is 42.6 Å². The largest absolute Gasteiger partial charge is 0.496 e. The molecular formula is C26H31N5O3S. The minimum Gasteiger partial charge on any atom is -0.496 e. The third-order valence-corrected chi connectivity index (χ3v) is 7.38. The van der Waals surface area contributed by atoms with Gasteiger partial charge in [0.1, 0.15) is 10.8 Å². The van der Waals surface area contributed by atoms with Crippen LogP contribution in [-0.4, -0.2) is 51.9 Å². The van der Waals surface area contributed by atoms with Crippen LogP contribution in [0.25, 0.3) is 0 Å². The fourth-order valence-corrected chi connectivity index (χ4v) is 5.84. The number of nitriles is 1. The molecule has 1 aromatic carbocycles. The van der Waals surface area contributed by atoms with E-state index in [4.69, 9.17) is 9.47 Å². The van der Waals surface area contributed by atoms with Crippen molar-refractivity contribution in [2.75, 3.05) is 20.8 Å². The maximum absolute atomic E-state index is 14.3. The lowest BCUT2D eigenvalue weighted by molar-refractivity contribution is 0.0516. The number of thiazole rings is 1. The molecule has 0 N–H and O–H groups in total. The Morgan fingerprint density at radius 2 is 2.11 bits per heavy atom. The van der Waals surface area contributed by atoms with E-state index in [1.807, 2.05) is 29.8 Å². The Labute approximate surface area is 210 Å². The standard InChI is InChI=1S/C26H31N5O3S/c1-25(2,3)20-8-7-18(13-21(20)34-5)24(32)31-22(23-28-10-12-35-23)19(15-33-4)14-26(31,16-27)17-30-11-6-9-29-30/h6-13,19,22H,14-15,17H2,1-5H3/t19-,22-,26+/m1/s1. The van der Waals surface area contributed by atoms with Crippen LogP contribution in [0.15, 0.2) is 48.2 Å². The number of aromatic nitrogens is 3. The summed E-state index contributed by atoms with van der Waals surface area (Å²) in [4.78, 5) is 20.5. The third-order valence-electron chi connectivity index (χ3n) is 6.54. The SMILES string of the molecule is COC[C@H]1C[C@](C#N)(Cn2cccn2)N(C(=O)c2ccc(C(C)(C)C)c(OC)c2)[C@H]1c1nccs1. The normalized spacial score (nSPS) is 22.2. The molecule has 2 aromatic heterocycles. The Morgan fingerprint density at radius 3 is 2.69 bits per heavy atom. The lowest BCUT2D eigenvalue weighted by atomic mass is 9.85. The minimum absolute atomic E-state index is 0.0962. The quantitative estimate of drug-likeness (QED) is 0.483. The Kier molecular flexibility index (Phi) is 6.97. The van der Waals surface area contributed by atoms with Crippen LogP contribution in [0.2, 0.25) is 0 Å². The molecule has 0 bridgehead atoms. The first-order chi connectivity index (χ1) is 16.7. The van der Waals surface area contributed by atoms with Gasteiger partial charge < -0.3 is 14.4 Å². The maximum atomic E-state index is 14.3. The zero-order valence-electron chi connectivity index (χ0n) is 20.8. The van der Waals surface area contributed by atoms with Gasteiger partial charge in [-0.1, -0.05) is 26.8 Å². The summed E-state index contributed by atoms with van der Waals surface area (Å²) < 4.78 is 12.9. The summed E-state index contributed by atoms with van der Waals surface area (Å²) in [6.45, 7) is 6.96. The Hall–Kier alpha value is -3.22. The van der Waals surface area contributed by atoms with Crippen molar-refractivity contribution in [3.63, 3.8) is 0 Å². The van der Waals surface area contributed by atoms with Crippen LogP contribution in [0.1, 0.15) is 54.2 Å². The summed E-state index contributed by atoms with van der Waals surface area (Å²) in [7, 11) is 3.25. The molecular weight excluding hydrogens is 462 g/mol. The maximum Gasteiger partial charge on any atom is 0.255 e. The molecule has 0 radical (unpaired) electrons. The van der Waals surface area contributed by atoms with Gasteiger partial charge in [-0.3, -0.25) is 9.48 Å². The Morgan fingerprint density at radius 1 is 1.31 bits per heavy atom. The van der Waals surface area contributed by atoms with Crippen LogP contribution >= 0.6 is 11.3 Å². The number of methoxy groups -OCH3 is 2. The molecule has 0 saturated carbocycles. The molecule has 0 aliphatic carbocycles. The molecule has 1 saturated heterocycles. The molecule has 8 nitrogen and oxygen atoms in total. The average Bonchev–Trinajstić information content (AvgIpc) is 3.59. The van der Waals surface area contributed by atoms with Crippen LogP contribution in [0.3, 0.4) is 0 Å². The summed E-state index contributed by atoms with van der Waals surface area (Å²) in [5.41, 5.74) is 0.201. The second-order valence-corrected chi connectivity index (χ2v) is 10.8. The van der Waals surface area contributed by atoms with Crippen molar-refractivity contribution in [2.45, 2.75) is 50.7 Å². The molecule has 9 heteroatoms.